The summed E-state index contributed by atoms with van der Waals surface area (Å²) in [6.45, 7) is 6.67. The molecular weight excluding hydrogens is 276 g/mol. The van der Waals surface area contributed by atoms with Crippen LogP contribution in [0.15, 0.2) is 16.5 Å². The van der Waals surface area contributed by atoms with Gasteiger partial charge in [0.1, 0.15) is 5.76 Å². The summed E-state index contributed by atoms with van der Waals surface area (Å²) >= 11 is 6.31. The van der Waals surface area contributed by atoms with Crippen molar-refractivity contribution in [1.82, 2.24) is 9.78 Å². The molecule has 108 valence electrons. The Bertz CT molecular complexity index is 613. The largest absolute Gasteiger partial charge is 0.458 e. The van der Waals surface area contributed by atoms with Gasteiger partial charge in [0.2, 0.25) is 5.78 Å². The molecule has 0 saturated heterocycles. The van der Waals surface area contributed by atoms with Crippen LogP contribution >= 0.6 is 11.6 Å². The molecule has 0 spiro atoms. The summed E-state index contributed by atoms with van der Waals surface area (Å²) in [7, 11) is 0. The zero-order valence-electron chi connectivity index (χ0n) is 12.1. The lowest BCUT2D eigenvalue weighted by atomic mass is 10.1. The van der Waals surface area contributed by atoms with Gasteiger partial charge in [-0.25, -0.2) is 0 Å². The number of carbonyl (C=O) groups excluding carboxylic acids is 1. The van der Waals surface area contributed by atoms with Crippen LogP contribution in [0.2, 0.25) is 5.02 Å². The van der Waals surface area contributed by atoms with Crippen LogP contribution in [-0.2, 0) is 25.8 Å². The molecule has 2 aromatic heterocycles. The van der Waals surface area contributed by atoms with Crippen LogP contribution in [0.3, 0.4) is 0 Å². The summed E-state index contributed by atoms with van der Waals surface area (Å²) in [5.74, 6) is 1.14. The van der Waals surface area contributed by atoms with Gasteiger partial charge in [0, 0.05) is 13.0 Å². The number of nitrogens with zero attached hydrogens (tertiary/aromatic N) is 2. The van der Waals surface area contributed by atoms with Gasteiger partial charge in [0.15, 0.2) is 5.76 Å². The van der Waals surface area contributed by atoms with Gasteiger partial charge in [0.25, 0.3) is 0 Å². The van der Waals surface area contributed by atoms with E-state index < -0.39 is 0 Å². The maximum absolute atomic E-state index is 12.3. The van der Waals surface area contributed by atoms with E-state index in [0.717, 1.165) is 30.0 Å². The van der Waals surface area contributed by atoms with E-state index in [1.54, 1.807) is 10.7 Å². The smallest absolute Gasteiger partial charge is 0.203 e. The molecule has 0 unspecified atom stereocenters. The predicted octanol–water partition coefficient (Wildman–Crippen LogP) is 3.70. The van der Waals surface area contributed by atoms with Crippen LogP contribution in [-0.4, -0.2) is 15.6 Å². The Morgan fingerprint density at radius 3 is 2.60 bits per heavy atom. The first-order chi connectivity index (χ1) is 9.60. The summed E-state index contributed by atoms with van der Waals surface area (Å²) in [5, 5.41) is 5.02. The van der Waals surface area contributed by atoms with E-state index in [4.69, 9.17) is 16.0 Å². The Morgan fingerprint density at radius 2 is 2.05 bits per heavy atom. The number of ketones is 1. The van der Waals surface area contributed by atoms with Crippen molar-refractivity contribution in [2.45, 2.75) is 46.6 Å². The van der Waals surface area contributed by atoms with Crippen LogP contribution in [0.1, 0.15) is 48.5 Å². The zero-order chi connectivity index (χ0) is 14.7. The first kappa shape index (κ1) is 14.9. The maximum atomic E-state index is 12.3. The second-order valence-electron chi connectivity index (χ2n) is 4.60. The highest BCUT2D eigenvalue weighted by molar-refractivity contribution is 6.32. The van der Waals surface area contributed by atoms with Crippen molar-refractivity contribution in [3.63, 3.8) is 0 Å². The minimum Gasteiger partial charge on any atom is -0.458 e. The Kier molecular flexibility index (Phi) is 4.65. The van der Waals surface area contributed by atoms with Crippen molar-refractivity contribution in [3.05, 3.63) is 40.1 Å². The molecule has 2 aromatic rings. The van der Waals surface area contributed by atoms with Gasteiger partial charge in [-0.3, -0.25) is 9.48 Å². The summed E-state index contributed by atoms with van der Waals surface area (Å²) in [5.41, 5.74) is 1.61. The number of furan rings is 1. The molecule has 0 amide bonds. The summed E-state index contributed by atoms with van der Waals surface area (Å²) in [6.07, 6.45) is 1.75. The fourth-order valence-corrected chi connectivity index (χ4v) is 2.48. The number of hydrogen-bond acceptors (Lipinski definition) is 3. The van der Waals surface area contributed by atoms with E-state index >= 15 is 0 Å². The monoisotopic (exact) mass is 294 g/mol. The van der Waals surface area contributed by atoms with Gasteiger partial charge in [-0.15, -0.1) is 0 Å². The molecule has 0 saturated carbocycles. The molecule has 2 rings (SSSR count). The minimum absolute atomic E-state index is 0.0659. The molecule has 0 aliphatic rings. The number of Topliss-reactive ketones (excluding diaryl/α,β-unsaturated/α-hetero) is 1. The second kappa shape index (κ2) is 6.27. The van der Waals surface area contributed by atoms with Gasteiger partial charge in [-0.05, 0) is 25.5 Å². The van der Waals surface area contributed by atoms with Crippen LogP contribution < -0.4 is 0 Å². The molecule has 0 aromatic carbocycles. The van der Waals surface area contributed by atoms with E-state index in [0.29, 0.717) is 17.3 Å². The van der Waals surface area contributed by atoms with E-state index in [9.17, 15) is 4.79 Å². The van der Waals surface area contributed by atoms with Gasteiger partial charge >= 0.3 is 0 Å². The van der Waals surface area contributed by atoms with E-state index in [2.05, 4.69) is 5.10 Å². The molecule has 5 heteroatoms. The topological polar surface area (TPSA) is 48.0 Å². The summed E-state index contributed by atoms with van der Waals surface area (Å²) in [4.78, 5) is 12.3. The average Bonchev–Trinajstić information content (AvgIpc) is 3.05. The molecule has 4 nitrogen and oxygen atoms in total. The number of rotatable bonds is 6. The molecule has 0 aliphatic heterocycles. The molecule has 2 heterocycles. The number of aromatic nitrogens is 2. The van der Waals surface area contributed by atoms with Crippen LogP contribution in [0.5, 0.6) is 0 Å². The molecule has 0 fully saturated rings. The fraction of sp³-hybridized carbons (Fsp3) is 0.467. The van der Waals surface area contributed by atoms with Crippen LogP contribution in [0.25, 0.3) is 0 Å². The Morgan fingerprint density at radius 1 is 1.30 bits per heavy atom. The minimum atomic E-state index is -0.0659. The number of halogens is 1. The predicted molar refractivity (Wildman–Crippen MR) is 78.4 cm³/mol. The van der Waals surface area contributed by atoms with Crippen LogP contribution in [0, 0.1) is 0 Å². The SMILES string of the molecule is CCc1ccc(C(=O)Cc2c(Cl)c(CC)nn2CC)o1. The van der Waals surface area contributed by atoms with Crippen LogP contribution in [0.4, 0.5) is 0 Å². The third-order valence-corrected chi connectivity index (χ3v) is 3.74. The van der Waals surface area contributed by atoms with Gasteiger partial charge in [0.05, 0.1) is 22.8 Å². The van der Waals surface area contributed by atoms with Gasteiger partial charge in [-0.2, -0.15) is 5.10 Å². The third kappa shape index (κ3) is 2.80. The number of carbonyl (C=O) groups is 1. The Labute approximate surface area is 123 Å². The quantitative estimate of drug-likeness (QED) is 0.763. The molecule has 0 atom stereocenters. The fourth-order valence-electron chi connectivity index (χ4n) is 2.14. The summed E-state index contributed by atoms with van der Waals surface area (Å²) in [6, 6.07) is 3.56. The first-order valence-corrected chi connectivity index (χ1v) is 7.34. The van der Waals surface area contributed by atoms with Crippen molar-refractivity contribution in [1.29, 1.82) is 0 Å². The van der Waals surface area contributed by atoms with Gasteiger partial charge < -0.3 is 4.42 Å². The highest BCUT2D eigenvalue weighted by Crippen LogP contribution is 2.23. The van der Waals surface area contributed by atoms with Crippen molar-refractivity contribution >= 4 is 17.4 Å². The molecule has 0 aliphatic carbocycles. The molecule has 20 heavy (non-hydrogen) atoms. The first-order valence-electron chi connectivity index (χ1n) is 6.96. The average molecular weight is 295 g/mol. The Hall–Kier alpha value is -1.55. The highest BCUT2D eigenvalue weighted by Gasteiger charge is 2.19. The lowest BCUT2D eigenvalue weighted by Crippen LogP contribution is -2.09. The normalized spacial score (nSPS) is 11.0. The standard InChI is InChI=1S/C15H19ClN2O2/c1-4-10-7-8-14(20-10)13(19)9-12-15(16)11(5-2)17-18(12)6-3/h7-8H,4-6,9H2,1-3H3. The second-order valence-corrected chi connectivity index (χ2v) is 4.97. The van der Waals surface area contributed by atoms with E-state index in [1.165, 1.54) is 0 Å². The molecule has 0 radical (unpaired) electrons. The lowest BCUT2D eigenvalue weighted by Gasteiger charge is -2.03. The van der Waals surface area contributed by atoms with E-state index in [1.807, 2.05) is 26.8 Å². The highest BCUT2D eigenvalue weighted by atomic mass is 35.5. The Balaban J connectivity index is 2.25. The third-order valence-electron chi connectivity index (χ3n) is 3.31. The number of aryl methyl sites for hydroxylation is 3. The molecular formula is C15H19ClN2O2. The number of hydrogen-bond donors (Lipinski definition) is 0. The van der Waals surface area contributed by atoms with Crippen molar-refractivity contribution in [2.24, 2.45) is 0 Å². The lowest BCUT2D eigenvalue weighted by molar-refractivity contribution is 0.0962. The zero-order valence-corrected chi connectivity index (χ0v) is 12.8. The molecule has 0 bridgehead atoms. The van der Waals surface area contributed by atoms with Crippen molar-refractivity contribution in [2.75, 3.05) is 0 Å². The van der Waals surface area contributed by atoms with Crippen molar-refractivity contribution in [3.8, 4) is 0 Å². The van der Waals surface area contributed by atoms with Crippen molar-refractivity contribution < 1.29 is 9.21 Å². The van der Waals surface area contributed by atoms with Gasteiger partial charge in [-0.1, -0.05) is 25.4 Å². The van der Waals surface area contributed by atoms with E-state index in [-0.39, 0.29) is 12.2 Å². The molecule has 0 N–H and O–H groups in total. The maximum Gasteiger partial charge on any atom is 0.203 e. The summed E-state index contributed by atoms with van der Waals surface area (Å²) < 4.78 is 7.29.